The number of carbonyl (C=O) groups excluding carboxylic acids is 2. The Labute approximate surface area is 256 Å². The second-order valence-corrected chi connectivity index (χ2v) is 11.6. The minimum Gasteiger partial charge on any atom is -0.443 e. The average molecular weight is 616 g/mol. The van der Waals surface area contributed by atoms with Crippen LogP contribution in [0.2, 0.25) is 10.0 Å². The summed E-state index contributed by atoms with van der Waals surface area (Å²) in [6, 6.07) is 14.4. The highest BCUT2D eigenvalue weighted by Gasteiger charge is 2.29. The molecule has 9 nitrogen and oxygen atoms in total. The number of nitro benzene ring substituents is 1. The van der Waals surface area contributed by atoms with E-state index in [4.69, 9.17) is 27.9 Å². The number of anilines is 3. The Morgan fingerprint density at radius 1 is 0.976 bits per heavy atom. The van der Waals surface area contributed by atoms with E-state index in [1.165, 1.54) is 11.0 Å². The predicted molar refractivity (Wildman–Crippen MR) is 169 cm³/mol. The summed E-state index contributed by atoms with van der Waals surface area (Å²) in [5.74, 6) is 0. The smallest absolute Gasteiger partial charge is 0.414 e. The Hall–Kier alpha value is -3.82. The number of nitrogens with one attached hydrogen (secondary N) is 1. The van der Waals surface area contributed by atoms with Crippen LogP contribution in [0, 0.1) is 10.1 Å². The van der Waals surface area contributed by atoms with Crippen molar-refractivity contribution in [1.82, 2.24) is 0 Å². The van der Waals surface area contributed by atoms with Gasteiger partial charge in [-0.3, -0.25) is 19.9 Å². The van der Waals surface area contributed by atoms with Gasteiger partial charge in [-0.05, 0) is 88.1 Å². The van der Waals surface area contributed by atoms with Crippen LogP contribution in [-0.4, -0.2) is 29.7 Å². The number of ether oxygens (including phenoxy) is 1. The molecule has 0 unspecified atom stereocenters. The van der Waals surface area contributed by atoms with Gasteiger partial charge in [0.1, 0.15) is 5.60 Å². The summed E-state index contributed by atoms with van der Waals surface area (Å²) >= 11 is 12.6. The van der Waals surface area contributed by atoms with Crippen LogP contribution >= 0.6 is 23.2 Å². The Bertz CT molecular complexity index is 1450. The molecular formula is C31H36Cl2N4O5. The Balaban J connectivity index is 2.08. The van der Waals surface area contributed by atoms with Crippen molar-refractivity contribution in [2.45, 2.75) is 66.0 Å². The van der Waals surface area contributed by atoms with Gasteiger partial charge in [-0.15, -0.1) is 0 Å². The van der Waals surface area contributed by atoms with Crippen molar-refractivity contribution in [3.8, 4) is 0 Å². The van der Waals surface area contributed by atoms with Gasteiger partial charge in [0, 0.05) is 29.5 Å². The maximum atomic E-state index is 14.1. The van der Waals surface area contributed by atoms with E-state index in [1.807, 2.05) is 26.0 Å². The van der Waals surface area contributed by atoms with Crippen LogP contribution in [0.15, 0.2) is 54.6 Å². The lowest BCUT2D eigenvalue weighted by Gasteiger charge is -2.31. The van der Waals surface area contributed by atoms with Crippen LogP contribution in [0.25, 0.3) is 0 Å². The van der Waals surface area contributed by atoms with Gasteiger partial charge in [0.25, 0.3) is 5.69 Å². The minimum atomic E-state index is -0.654. The summed E-state index contributed by atoms with van der Waals surface area (Å²) in [6.45, 7) is 10.9. The van der Waals surface area contributed by atoms with Crippen LogP contribution < -0.4 is 15.1 Å². The van der Waals surface area contributed by atoms with Crippen molar-refractivity contribution in [3.63, 3.8) is 0 Å². The van der Waals surface area contributed by atoms with Crippen LogP contribution in [0.3, 0.4) is 0 Å². The van der Waals surface area contributed by atoms with Gasteiger partial charge in [-0.1, -0.05) is 49.2 Å². The second-order valence-electron chi connectivity index (χ2n) is 10.8. The number of benzene rings is 3. The van der Waals surface area contributed by atoms with Gasteiger partial charge in [0.2, 0.25) is 0 Å². The first-order valence-electron chi connectivity index (χ1n) is 13.6. The lowest BCUT2D eigenvalue weighted by molar-refractivity contribution is -0.385. The summed E-state index contributed by atoms with van der Waals surface area (Å²) in [6.07, 6.45) is 0.257. The highest BCUT2D eigenvalue weighted by atomic mass is 35.5. The number of urea groups is 1. The highest BCUT2D eigenvalue weighted by Crippen LogP contribution is 2.38. The molecule has 0 aliphatic heterocycles. The fourth-order valence-electron chi connectivity index (χ4n) is 4.59. The van der Waals surface area contributed by atoms with E-state index in [9.17, 15) is 19.7 Å². The molecule has 11 heteroatoms. The minimum absolute atomic E-state index is 0.151. The zero-order chi connectivity index (χ0) is 31.4. The molecule has 1 atom stereocenters. The lowest BCUT2D eigenvalue weighted by Crippen LogP contribution is -2.38. The molecule has 1 N–H and O–H groups in total. The van der Waals surface area contributed by atoms with Gasteiger partial charge in [-0.25, -0.2) is 9.59 Å². The van der Waals surface area contributed by atoms with Crippen molar-refractivity contribution in [2.24, 2.45) is 0 Å². The Morgan fingerprint density at radius 3 is 2.02 bits per heavy atom. The number of rotatable bonds is 8. The van der Waals surface area contributed by atoms with E-state index in [2.05, 4.69) is 5.32 Å². The van der Waals surface area contributed by atoms with Crippen molar-refractivity contribution in [1.29, 1.82) is 0 Å². The van der Waals surface area contributed by atoms with E-state index >= 15 is 0 Å². The fraction of sp³-hybridized carbons (Fsp3) is 0.355. The van der Waals surface area contributed by atoms with Gasteiger partial charge >= 0.3 is 12.1 Å². The SMILES string of the molecule is CCc1c(Cl)cc([N+](=O)[O-])c(CC)c1NC(=O)N(c1ccc(N(C)C(=O)OC(C)(C)C)cc1)[C@@H](C)c1ccc(Cl)cc1. The van der Waals surface area contributed by atoms with Crippen molar-refractivity contribution in [3.05, 3.63) is 91.4 Å². The predicted octanol–water partition coefficient (Wildman–Crippen LogP) is 9.20. The molecule has 42 heavy (non-hydrogen) atoms. The van der Waals surface area contributed by atoms with Gasteiger partial charge < -0.3 is 10.1 Å². The van der Waals surface area contributed by atoms with E-state index < -0.39 is 28.7 Å². The van der Waals surface area contributed by atoms with Crippen molar-refractivity contribution >= 4 is 58.1 Å². The van der Waals surface area contributed by atoms with Crippen LogP contribution in [0.5, 0.6) is 0 Å². The summed E-state index contributed by atoms with van der Waals surface area (Å²) in [7, 11) is 1.61. The van der Waals surface area contributed by atoms with Gasteiger partial charge in [-0.2, -0.15) is 0 Å². The first-order chi connectivity index (χ1) is 19.7. The summed E-state index contributed by atoms with van der Waals surface area (Å²) < 4.78 is 5.46. The first-order valence-corrected chi connectivity index (χ1v) is 14.3. The maximum Gasteiger partial charge on any atom is 0.414 e. The van der Waals surface area contributed by atoms with Crippen LogP contribution in [-0.2, 0) is 17.6 Å². The van der Waals surface area contributed by atoms with E-state index in [0.29, 0.717) is 46.1 Å². The van der Waals surface area contributed by atoms with E-state index in [0.717, 1.165) is 5.56 Å². The molecule has 0 aliphatic rings. The van der Waals surface area contributed by atoms with Crippen molar-refractivity contribution < 1.29 is 19.2 Å². The number of halogens is 2. The molecule has 3 amide bonds. The average Bonchev–Trinajstić information content (AvgIpc) is 2.92. The molecule has 0 aromatic heterocycles. The second kappa shape index (κ2) is 13.4. The van der Waals surface area contributed by atoms with Gasteiger partial charge in [0.15, 0.2) is 0 Å². The molecule has 3 rings (SSSR count). The zero-order valence-corrected chi connectivity index (χ0v) is 26.3. The summed E-state index contributed by atoms with van der Waals surface area (Å²) in [5.41, 5.74) is 2.44. The first kappa shape index (κ1) is 32.7. The van der Waals surface area contributed by atoms with E-state index in [-0.39, 0.29) is 10.7 Å². The topological polar surface area (TPSA) is 105 Å². The third-order valence-corrected chi connectivity index (χ3v) is 7.33. The Morgan fingerprint density at radius 2 is 1.52 bits per heavy atom. The number of hydrogen-bond acceptors (Lipinski definition) is 5. The largest absolute Gasteiger partial charge is 0.443 e. The molecule has 224 valence electrons. The van der Waals surface area contributed by atoms with Crippen molar-refractivity contribution in [2.75, 3.05) is 22.2 Å². The molecule has 0 radical (unpaired) electrons. The molecule has 3 aromatic carbocycles. The number of nitrogens with zero attached hydrogens (tertiary/aromatic N) is 3. The summed E-state index contributed by atoms with van der Waals surface area (Å²) in [4.78, 5) is 41.0. The number of carbonyl (C=O) groups is 2. The number of nitro groups is 1. The van der Waals surface area contributed by atoms with E-state index in [1.54, 1.807) is 76.0 Å². The van der Waals surface area contributed by atoms with Crippen LogP contribution in [0.4, 0.5) is 32.3 Å². The monoisotopic (exact) mass is 614 g/mol. The fourth-order valence-corrected chi connectivity index (χ4v) is 5.05. The molecule has 0 spiro atoms. The Kier molecular flexibility index (Phi) is 10.5. The zero-order valence-electron chi connectivity index (χ0n) is 24.8. The quantitative estimate of drug-likeness (QED) is 0.201. The van der Waals surface area contributed by atoms with Gasteiger partial charge in [0.05, 0.1) is 27.2 Å². The molecule has 3 aromatic rings. The maximum absolute atomic E-state index is 14.1. The molecule has 0 fully saturated rings. The molecule has 0 bridgehead atoms. The molecule has 0 heterocycles. The number of hydrogen-bond donors (Lipinski definition) is 1. The third kappa shape index (κ3) is 7.52. The van der Waals surface area contributed by atoms with Crippen LogP contribution in [0.1, 0.15) is 64.3 Å². The normalized spacial score (nSPS) is 11.9. The third-order valence-electron chi connectivity index (χ3n) is 6.74. The molecule has 0 saturated heterocycles. The standard InChI is InChI=1S/C31H36Cl2N4O5/c1-8-24-26(33)18-27(37(40)41)25(9-2)28(24)34-29(38)36(19(3)20-10-12-21(32)13-11-20)23-16-14-22(15-17-23)35(7)30(39)42-31(4,5)6/h10-19H,8-9H2,1-7H3,(H,34,38)/t19-/m0/s1. The number of amides is 3. The molecular weight excluding hydrogens is 579 g/mol. The molecule has 0 saturated carbocycles. The lowest BCUT2D eigenvalue weighted by atomic mass is 10.0. The summed E-state index contributed by atoms with van der Waals surface area (Å²) in [5, 5.41) is 15.6. The molecule has 0 aliphatic carbocycles. The highest BCUT2D eigenvalue weighted by molar-refractivity contribution is 6.32.